The molecule has 17 heavy (non-hydrogen) atoms. The average Bonchev–Trinajstić information content (AvgIpc) is 2.25. The van der Waals surface area contributed by atoms with Gasteiger partial charge in [-0.25, -0.2) is 0 Å². The van der Waals surface area contributed by atoms with E-state index in [1.54, 1.807) is 0 Å². The molecule has 0 spiro atoms. The lowest BCUT2D eigenvalue weighted by Gasteiger charge is -2.08. The summed E-state index contributed by atoms with van der Waals surface area (Å²) in [7, 11) is 0. The minimum Gasteiger partial charge on any atom is -0.352 e. The molecule has 0 heterocycles. The first-order valence-electron chi connectivity index (χ1n) is 5.35. The van der Waals surface area contributed by atoms with Crippen LogP contribution in [0.2, 0.25) is 0 Å². The van der Waals surface area contributed by atoms with Crippen molar-refractivity contribution in [2.24, 2.45) is 5.73 Å². The molecule has 96 valence electrons. The van der Waals surface area contributed by atoms with Crippen LogP contribution >= 0.6 is 28.3 Å². The fourth-order valence-corrected chi connectivity index (χ4v) is 1.71. The Morgan fingerprint density at radius 3 is 2.71 bits per heavy atom. The van der Waals surface area contributed by atoms with Crippen molar-refractivity contribution in [3.63, 3.8) is 0 Å². The molecule has 0 aliphatic rings. The van der Waals surface area contributed by atoms with E-state index in [1.165, 1.54) is 0 Å². The van der Waals surface area contributed by atoms with Crippen LogP contribution in [0.25, 0.3) is 0 Å². The summed E-state index contributed by atoms with van der Waals surface area (Å²) in [5.41, 5.74) is 6.66. The van der Waals surface area contributed by atoms with Gasteiger partial charge in [0.2, 0.25) is 5.91 Å². The Kier molecular flexibility index (Phi) is 8.21. The van der Waals surface area contributed by atoms with Crippen molar-refractivity contribution in [2.45, 2.75) is 32.4 Å². The van der Waals surface area contributed by atoms with E-state index in [0.717, 1.165) is 16.5 Å². The lowest BCUT2D eigenvalue weighted by Crippen LogP contribution is -2.25. The smallest absolute Gasteiger partial charge is 0.220 e. The van der Waals surface area contributed by atoms with Gasteiger partial charge in [0, 0.05) is 23.5 Å². The van der Waals surface area contributed by atoms with E-state index in [-0.39, 0.29) is 24.4 Å². The zero-order valence-electron chi connectivity index (χ0n) is 9.78. The molecular formula is C12H18BrClN2O. The zero-order chi connectivity index (χ0) is 12.0. The highest BCUT2D eigenvalue weighted by atomic mass is 79.9. The zero-order valence-corrected chi connectivity index (χ0v) is 12.2. The maximum Gasteiger partial charge on any atom is 0.220 e. The van der Waals surface area contributed by atoms with Crippen LogP contribution in [0, 0.1) is 0 Å². The number of rotatable bonds is 5. The summed E-state index contributed by atoms with van der Waals surface area (Å²) in [5.74, 6) is 0.0491. The Labute approximate surface area is 117 Å². The van der Waals surface area contributed by atoms with Gasteiger partial charge in [-0.3, -0.25) is 4.79 Å². The van der Waals surface area contributed by atoms with Gasteiger partial charge in [0.25, 0.3) is 0 Å². The summed E-state index contributed by atoms with van der Waals surface area (Å²) in [4.78, 5) is 11.5. The number of nitrogens with one attached hydrogen (secondary N) is 1. The van der Waals surface area contributed by atoms with Crippen molar-refractivity contribution in [1.82, 2.24) is 5.32 Å². The number of carbonyl (C=O) groups is 1. The number of carbonyl (C=O) groups excluding carboxylic acids is 1. The van der Waals surface area contributed by atoms with Gasteiger partial charge in [-0.05, 0) is 25.0 Å². The standard InChI is InChI=1S/C12H17BrN2O.ClH/c1-9(14)6-7-12(16)15-8-10-4-2-3-5-11(10)13;/h2-5,9H,6-8,14H2,1H3,(H,15,16);1H. The predicted molar refractivity (Wildman–Crippen MR) is 76.1 cm³/mol. The van der Waals surface area contributed by atoms with Crippen molar-refractivity contribution in [3.05, 3.63) is 34.3 Å². The fraction of sp³-hybridized carbons (Fsp3) is 0.417. The summed E-state index contributed by atoms with van der Waals surface area (Å²) in [6.45, 7) is 2.46. The SMILES string of the molecule is CC(N)CCC(=O)NCc1ccccc1Br.Cl. The third kappa shape index (κ3) is 6.66. The highest BCUT2D eigenvalue weighted by Gasteiger charge is 2.04. The minimum atomic E-state index is 0. The van der Waals surface area contributed by atoms with Crippen LogP contribution < -0.4 is 11.1 Å². The summed E-state index contributed by atoms with van der Waals surface area (Å²) in [6.07, 6.45) is 1.21. The second-order valence-electron chi connectivity index (χ2n) is 3.88. The molecule has 0 fully saturated rings. The Bertz CT molecular complexity index is 358. The Morgan fingerprint density at radius 2 is 2.12 bits per heavy atom. The quantitative estimate of drug-likeness (QED) is 0.876. The molecule has 0 saturated carbocycles. The van der Waals surface area contributed by atoms with E-state index in [0.29, 0.717) is 13.0 Å². The molecule has 1 amide bonds. The molecule has 1 unspecified atom stereocenters. The largest absolute Gasteiger partial charge is 0.352 e. The molecule has 0 aromatic heterocycles. The predicted octanol–water partition coefficient (Wildman–Crippen LogP) is 2.61. The van der Waals surface area contributed by atoms with E-state index in [2.05, 4.69) is 21.2 Å². The molecule has 0 saturated heterocycles. The number of nitrogens with two attached hydrogens (primary N) is 1. The van der Waals surface area contributed by atoms with Crippen molar-refractivity contribution < 1.29 is 4.79 Å². The second-order valence-corrected chi connectivity index (χ2v) is 4.74. The molecule has 1 rings (SSSR count). The lowest BCUT2D eigenvalue weighted by molar-refractivity contribution is -0.121. The number of amides is 1. The van der Waals surface area contributed by atoms with Crippen molar-refractivity contribution in [1.29, 1.82) is 0 Å². The summed E-state index contributed by atoms with van der Waals surface area (Å²) in [6, 6.07) is 7.92. The molecule has 0 radical (unpaired) electrons. The fourth-order valence-electron chi connectivity index (χ4n) is 1.28. The van der Waals surface area contributed by atoms with Crippen LogP contribution in [0.3, 0.4) is 0 Å². The Morgan fingerprint density at radius 1 is 1.47 bits per heavy atom. The highest BCUT2D eigenvalue weighted by molar-refractivity contribution is 9.10. The number of halogens is 2. The molecule has 1 aromatic rings. The van der Waals surface area contributed by atoms with Gasteiger partial charge >= 0.3 is 0 Å². The third-order valence-corrected chi connectivity index (χ3v) is 3.03. The van der Waals surface area contributed by atoms with Gasteiger partial charge in [-0.2, -0.15) is 0 Å². The number of benzene rings is 1. The van der Waals surface area contributed by atoms with E-state index < -0.39 is 0 Å². The lowest BCUT2D eigenvalue weighted by atomic mass is 10.2. The van der Waals surface area contributed by atoms with E-state index in [9.17, 15) is 4.79 Å². The van der Waals surface area contributed by atoms with Crippen LogP contribution in [-0.4, -0.2) is 11.9 Å². The first-order valence-corrected chi connectivity index (χ1v) is 6.14. The van der Waals surface area contributed by atoms with Gasteiger partial charge in [0.15, 0.2) is 0 Å². The topological polar surface area (TPSA) is 55.1 Å². The van der Waals surface area contributed by atoms with Gasteiger partial charge < -0.3 is 11.1 Å². The number of hydrogen-bond acceptors (Lipinski definition) is 2. The maximum atomic E-state index is 11.5. The molecule has 0 bridgehead atoms. The molecular weight excluding hydrogens is 304 g/mol. The van der Waals surface area contributed by atoms with E-state index >= 15 is 0 Å². The van der Waals surface area contributed by atoms with Crippen LogP contribution in [0.1, 0.15) is 25.3 Å². The van der Waals surface area contributed by atoms with E-state index in [4.69, 9.17) is 5.73 Å². The normalized spacial score (nSPS) is 11.5. The first-order chi connectivity index (χ1) is 7.59. The average molecular weight is 322 g/mol. The molecule has 5 heteroatoms. The van der Waals surface area contributed by atoms with Crippen molar-refractivity contribution in [2.75, 3.05) is 0 Å². The Balaban J connectivity index is 0.00000256. The van der Waals surface area contributed by atoms with Crippen LogP contribution in [-0.2, 0) is 11.3 Å². The first kappa shape index (κ1) is 16.4. The molecule has 0 aliphatic carbocycles. The number of hydrogen-bond donors (Lipinski definition) is 2. The van der Waals surface area contributed by atoms with Crippen molar-refractivity contribution >= 4 is 34.2 Å². The van der Waals surface area contributed by atoms with Gasteiger partial charge in [0.1, 0.15) is 0 Å². The molecule has 0 aliphatic heterocycles. The molecule has 1 atom stereocenters. The molecule has 1 aromatic carbocycles. The maximum absolute atomic E-state index is 11.5. The van der Waals surface area contributed by atoms with Crippen molar-refractivity contribution in [3.8, 4) is 0 Å². The molecule has 3 N–H and O–H groups in total. The Hall–Kier alpha value is -0.580. The van der Waals surface area contributed by atoms with Gasteiger partial charge in [0.05, 0.1) is 0 Å². The van der Waals surface area contributed by atoms with E-state index in [1.807, 2.05) is 31.2 Å². The molecule has 3 nitrogen and oxygen atoms in total. The third-order valence-electron chi connectivity index (χ3n) is 2.26. The van der Waals surface area contributed by atoms with Crippen LogP contribution in [0.5, 0.6) is 0 Å². The monoisotopic (exact) mass is 320 g/mol. The van der Waals surface area contributed by atoms with Crippen LogP contribution in [0.4, 0.5) is 0 Å². The summed E-state index contributed by atoms with van der Waals surface area (Å²) >= 11 is 3.44. The summed E-state index contributed by atoms with van der Waals surface area (Å²) < 4.78 is 1.02. The van der Waals surface area contributed by atoms with Crippen LogP contribution in [0.15, 0.2) is 28.7 Å². The van der Waals surface area contributed by atoms with Gasteiger partial charge in [-0.15, -0.1) is 12.4 Å². The minimum absolute atomic E-state index is 0. The second kappa shape index (κ2) is 8.50. The highest BCUT2D eigenvalue weighted by Crippen LogP contribution is 2.15. The van der Waals surface area contributed by atoms with Gasteiger partial charge in [-0.1, -0.05) is 34.1 Å². The summed E-state index contributed by atoms with van der Waals surface area (Å²) in [5, 5.41) is 2.87.